The molecule has 0 amide bonds. The third-order valence-corrected chi connectivity index (χ3v) is 5.45. The van der Waals surface area contributed by atoms with Gasteiger partial charge in [-0.15, -0.1) is 0 Å². The van der Waals surface area contributed by atoms with Crippen LogP contribution >= 0.6 is 0 Å². The van der Waals surface area contributed by atoms with E-state index in [1.807, 2.05) is 19.1 Å². The van der Waals surface area contributed by atoms with Gasteiger partial charge in [0.05, 0.1) is 16.4 Å². The van der Waals surface area contributed by atoms with Crippen molar-refractivity contribution in [2.24, 2.45) is 0 Å². The van der Waals surface area contributed by atoms with Crippen molar-refractivity contribution in [1.29, 1.82) is 0 Å². The summed E-state index contributed by atoms with van der Waals surface area (Å²) in [7, 11) is -3.55. The summed E-state index contributed by atoms with van der Waals surface area (Å²) in [5, 5.41) is 0. The van der Waals surface area contributed by atoms with Crippen molar-refractivity contribution in [3.8, 4) is 5.75 Å². The number of ether oxygens (including phenoxy) is 2. The first-order valence-electron chi connectivity index (χ1n) is 7.13. The number of hydrogen-bond acceptors (Lipinski definition) is 4. The van der Waals surface area contributed by atoms with Crippen LogP contribution in [0.4, 0.5) is 0 Å². The van der Waals surface area contributed by atoms with Gasteiger partial charge < -0.3 is 9.47 Å². The van der Waals surface area contributed by atoms with Crippen LogP contribution in [0, 0.1) is 13.8 Å². The maximum absolute atomic E-state index is 12.8. The molecule has 0 aromatic heterocycles. The van der Waals surface area contributed by atoms with E-state index >= 15 is 0 Å². The maximum atomic E-state index is 12.8. The fraction of sp³-hybridized carbons (Fsp3) is 0.294. The summed E-state index contributed by atoms with van der Waals surface area (Å²) in [4.78, 5) is 0.589. The average molecular weight is 318 g/mol. The number of sulfone groups is 1. The third-order valence-electron chi connectivity index (χ3n) is 3.56. The average Bonchev–Trinajstić information content (AvgIpc) is 3.29. The summed E-state index contributed by atoms with van der Waals surface area (Å²) >= 11 is 0. The fourth-order valence-corrected chi connectivity index (χ4v) is 3.91. The molecule has 4 nitrogen and oxygen atoms in total. The van der Waals surface area contributed by atoms with E-state index in [1.54, 1.807) is 37.3 Å². The van der Waals surface area contributed by atoms with Crippen LogP contribution in [-0.2, 0) is 14.6 Å². The molecule has 1 atom stereocenters. The number of epoxide rings is 1. The van der Waals surface area contributed by atoms with E-state index in [0.717, 1.165) is 11.1 Å². The number of hydrogen-bond donors (Lipinski definition) is 0. The predicted molar refractivity (Wildman–Crippen MR) is 83.0 cm³/mol. The number of benzene rings is 2. The Morgan fingerprint density at radius 3 is 2.59 bits per heavy atom. The Morgan fingerprint density at radius 1 is 1.18 bits per heavy atom. The molecule has 0 spiro atoms. The molecule has 3 rings (SSSR count). The molecule has 2 aromatic carbocycles. The SMILES string of the molecule is Cc1cc(OCC2CO2)cc(S(=O)(=O)c2ccccc2C)c1. The van der Waals surface area contributed by atoms with Crippen LogP contribution in [0.15, 0.2) is 52.3 Å². The summed E-state index contributed by atoms with van der Waals surface area (Å²) in [6.07, 6.45) is 0.136. The van der Waals surface area contributed by atoms with Gasteiger partial charge in [-0.3, -0.25) is 0 Å². The van der Waals surface area contributed by atoms with Gasteiger partial charge in [-0.25, -0.2) is 8.42 Å². The predicted octanol–water partition coefficient (Wildman–Crippen LogP) is 2.91. The Kier molecular flexibility index (Phi) is 3.93. The Labute approximate surface area is 130 Å². The molecule has 22 heavy (non-hydrogen) atoms. The minimum atomic E-state index is -3.55. The van der Waals surface area contributed by atoms with Gasteiger partial charge >= 0.3 is 0 Å². The lowest BCUT2D eigenvalue weighted by Gasteiger charge is -2.11. The first-order valence-corrected chi connectivity index (χ1v) is 8.62. The monoisotopic (exact) mass is 318 g/mol. The lowest BCUT2D eigenvalue weighted by Crippen LogP contribution is -2.07. The molecule has 1 heterocycles. The van der Waals surface area contributed by atoms with Crippen molar-refractivity contribution in [3.63, 3.8) is 0 Å². The zero-order chi connectivity index (χ0) is 15.7. The van der Waals surface area contributed by atoms with E-state index in [4.69, 9.17) is 9.47 Å². The topological polar surface area (TPSA) is 55.9 Å². The molecule has 0 bridgehead atoms. The number of aryl methyl sites for hydroxylation is 2. The summed E-state index contributed by atoms with van der Waals surface area (Å²) in [6.45, 7) is 4.81. The van der Waals surface area contributed by atoms with Crippen LogP contribution in [0.2, 0.25) is 0 Å². The molecule has 1 aliphatic rings. The minimum Gasteiger partial charge on any atom is -0.491 e. The van der Waals surface area contributed by atoms with Crippen molar-refractivity contribution in [3.05, 3.63) is 53.6 Å². The molecule has 1 saturated heterocycles. The van der Waals surface area contributed by atoms with Crippen LogP contribution in [-0.4, -0.2) is 27.7 Å². The van der Waals surface area contributed by atoms with Crippen LogP contribution in [0.3, 0.4) is 0 Å². The second kappa shape index (κ2) is 5.74. The number of rotatable bonds is 5. The van der Waals surface area contributed by atoms with Crippen molar-refractivity contribution in [1.82, 2.24) is 0 Å². The quantitative estimate of drug-likeness (QED) is 0.795. The molecule has 0 N–H and O–H groups in total. The first kappa shape index (κ1) is 15.1. The molecular weight excluding hydrogens is 300 g/mol. The zero-order valence-corrected chi connectivity index (χ0v) is 13.4. The van der Waals surface area contributed by atoms with Crippen LogP contribution in [0.1, 0.15) is 11.1 Å². The molecule has 0 radical (unpaired) electrons. The van der Waals surface area contributed by atoms with Crippen LogP contribution < -0.4 is 4.74 Å². The standard InChI is InChI=1S/C17H18O4S/c1-12-7-14(20-10-15-11-21-15)9-16(8-12)22(18,19)17-6-4-3-5-13(17)2/h3-9,15H,10-11H2,1-2H3. The van der Waals surface area contributed by atoms with Crippen molar-refractivity contribution < 1.29 is 17.9 Å². The highest BCUT2D eigenvalue weighted by molar-refractivity contribution is 7.91. The van der Waals surface area contributed by atoms with Crippen molar-refractivity contribution in [2.75, 3.05) is 13.2 Å². The van der Waals surface area contributed by atoms with Gasteiger partial charge in [0, 0.05) is 0 Å². The summed E-state index contributed by atoms with van der Waals surface area (Å²) in [6, 6.07) is 12.1. The summed E-state index contributed by atoms with van der Waals surface area (Å²) in [5.41, 5.74) is 1.58. The van der Waals surface area contributed by atoms with Gasteiger partial charge in [0.15, 0.2) is 0 Å². The van der Waals surface area contributed by atoms with Crippen molar-refractivity contribution in [2.45, 2.75) is 29.7 Å². The van der Waals surface area contributed by atoms with Crippen molar-refractivity contribution >= 4 is 9.84 Å². The van der Waals surface area contributed by atoms with Gasteiger partial charge in [-0.1, -0.05) is 18.2 Å². The first-order chi connectivity index (χ1) is 10.5. The zero-order valence-electron chi connectivity index (χ0n) is 12.6. The van der Waals surface area contributed by atoms with E-state index in [-0.39, 0.29) is 11.0 Å². The molecule has 2 aromatic rings. The second-order valence-electron chi connectivity index (χ2n) is 5.52. The fourth-order valence-electron chi connectivity index (χ4n) is 2.29. The Bertz CT molecular complexity index is 792. The van der Waals surface area contributed by atoms with Gasteiger partial charge in [0.1, 0.15) is 18.5 Å². The van der Waals surface area contributed by atoms with Gasteiger partial charge in [-0.05, 0) is 49.2 Å². The Balaban J connectivity index is 1.97. The summed E-state index contributed by atoms with van der Waals surface area (Å²) < 4.78 is 36.4. The molecule has 1 unspecified atom stereocenters. The van der Waals surface area contributed by atoms with Gasteiger partial charge in [0.25, 0.3) is 0 Å². The largest absolute Gasteiger partial charge is 0.491 e. The Hall–Kier alpha value is -1.85. The van der Waals surface area contributed by atoms with Crippen LogP contribution in [0.5, 0.6) is 5.75 Å². The van der Waals surface area contributed by atoms with Crippen LogP contribution in [0.25, 0.3) is 0 Å². The van der Waals surface area contributed by atoms with E-state index in [0.29, 0.717) is 23.9 Å². The normalized spacial score (nSPS) is 17.3. The maximum Gasteiger partial charge on any atom is 0.206 e. The molecular formula is C17H18O4S. The van der Waals surface area contributed by atoms with E-state index in [2.05, 4.69) is 0 Å². The minimum absolute atomic E-state index is 0.136. The highest BCUT2D eigenvalue weighted by Crippen LogP contribution is 2.28. The molecule has 116 valence electrons. The highest BCUT2D eigenvalue weighted by atomic mass is 32.2. The Morgan fingerprint density at radius 2 is 1.91 bits per heavy atom. The second-order valence-corrected chi connectivity index (χ2v) is 7.44. The highest BCUT2D eigenvalue weighted by Gasteiger charge is 2.24. The smallest absolute Gasteiger partial charge is 0.206 e. The molecule has 1 fully saturated rings. The van der Waals surface area contributed by atoms with E-state index in [9.17, 15) is 8.42 Å². The molecule has 0 aliphatic carbocycles. The third kappa shape index (κ3) is 3.15. The van der Waals surface area contributed by atoms with Gasteiger partial charge in [-0.2, -0.15) is 0 Å². The molecule has 0 saturated carbocycles. The van der Waals surface area contributed by atoms with E-state index in [1.165, 1.54) is 0 Å². The lowest BCUT2D eigenvalue weighted by molar-refractivity contribution is 0.262. The molecule has 5 heteroatoms. The molecule has 1 aliphatic heterocycles. The summed E-state index contributed by atoms with van der Waals surface area (Å²) in [5.74, 6) is 0.558. The lowest BCUT2D eigenvalue weighted by atomic mass is 10.2. The van der Waals surface area contributed by atoms with Gasteiger partial charge in [0.2, 0.25) is 9.84 Å². The van der Waals surface area contributed by atoms with E-state index < -0.39 is 9.84 Å².